The molecule has 0 heterocycles. The molecule has 39 heavy (non-hydrogen) atoms. The molecule has 3 aromatic carbocycles. The van der Waals surface area contributed by atoms with Gasteiger partial charge in [-0.3, -0.25) is 0 Å². The number of aryl methyl sites for hydroxylation is 2. The monoisotopic (exact) mass is 614 g/mol. The second-order valence-corrected chi connectivity index (χ2v) is 12.1. The van der Waals surface area contributed by atoms with Crippen LogP contribution in [0.5, 0.6) is 0 Å². The maximum absolute atomic E-state index is 11.2. The first-order valence-corrected chi connectivity index (χ1v) is 16.6. The molecule has 0 saturated heterocycles. The molecule has 0 saturated carbocycles. The molecule has 0 spiro atoms. The molecular weight excluding hydrogens is 576 g/mol. The summed E-state index contributed by atoms with van der Waals surface area (Å²) in [5.41, 5.74) is 2.11. The lowest BCUT2D eigenvalue weighted by Gasteiger charge is -2.06. The van der Waals surface area contributed by atoms with Gasteiger partial charge in [0.05, 0.1) is 19.7 Å². The zero-order valence-corrected chi connectivity index (χ0v) is 25.7. The summed E-state index contributed by atoms with van der Waals surface area (Å²) in [6.07, 6.45) is 11.2. The van der Waals surface area contributed by atoms with Crippen LogP contribution >= 0.6 is 11.6 Å². The molecule has 0 fully saturated rings. The molecule has 6 nitrogen and oxygen atoms in total. The number of benzene rings is 3. The first-order valence-electron chi connectivity index (χ1n) is 12.9. The Morgan fingerprint density at radius 1 is 0.615 bits per heavy atom. The van der Waals surface area contributed by atoms with Crippen molar-refractivity contribution in [1.29, 1.82) is 0 Å². The number of hydrogen-bond acceptors (Lipinski definition) is 3. The zero-order valence-electron chi connectivity index (χ0n) is 22.5. The van der Waals surface area contributed by atoms with Crippen molar-refractivity contribution in [3.63, 3.8) is 0 Å². The first-order chi connectivity index (χ1) is 18.7. The third-order valence-electron chi connectivity index (χ3n) is 5.71. The van der Waals surface area contributed by atoms with Crippen LogP contribution in [0.15, 0.2) is 87.5 Å². The van der Waals surface area contributed by atoms with E-state index in [1.807, 2.05) is 37.3 Å². The van der Waals surface area contributed by atoms with Crippen molar-refractivity contribution in [2.45, 2.75) is 86.3 Å². The molecule has 10 heteroatoms. The van der Waals surface area contributed by atoms with Crippen LogP contribution in [0.4, 0.5) is 0 Å². The normalized spacial score (nSPS) is 12.8. The lowest BCUT2D eigenvalue weighted by molar-refractivity contribution is 0.559. The van der Waals surface area contributed by atoms with E-state index in [1.165, 1.54) is 51.0 Å². The van der Waals surface area contributed by atoms with Gasteiger partial charge in [-0.15, -0.1) is 0 Å². The third kappa shape index (κ3) is 15.6. The van der Waals surface area contributed by atoms with Crippen molar-refractivity contribution in [1.82, 2.24) is 0 Å². The van der Waals surface area contributed by atoms with Crippen LogP contribution < -0.4 is 0 Å². The predicted molar refractivity (Wildman–Crippen MR) is 162 cm³/mol. The molecule has 3 rings (SSSR count). The predicted octanol–water partition coefficient (Wildman–Crippen LogP) is 8.45. The summed E-state index contributed by atoms with van der Waals surface area (Å²) < 4.78 is 58.4. The van der Waals surface area contributed by atoms with Crippen molar-refractivity contribution in [2.24, 2.45) is 0 Å². The van der Waals surface area contributed by atoms with E-state index in [1.54, 1.807) is 36.4 Å². The van der Waals surface area contributed by atoms with Gasteiger partial charge in [0.1, 0.15) is 0 Å². The van der Waals surface area contributed by atoms with E-state index in [0.29, 0.717) is 14.8 Å². The van der Waals surface area contributed by atoms with Gasteiger partial charge in [-0.05, 0) is 55.7 Å². The van der Waals surface area contributed by atoms with Crippen molar-refractivity contribution in [2.75, 3.05) is 0 Å². The van der Waals surface area contributed by atoms with Gasteiger partial charge in [0.25, 0.3) is 0 Å². The maximum Gasteiger partial charge on any atom is 0.188 e. The highest BCUT2D eigenvalue weighted by Gasteiger charge is 2.06. The van der Waals surface area contributed by atoms with Crippen LogP contribution in [0.2, 0.25) is 5.02 Å². The molecule has 0 bridgehead atoms. The summed E-state index contributed by atoms with van der Waals surface area (Å²) >= 11 is -0.0967. The van der Waals surface area contributed by atoms with Gasteiger partial charge in [0, 0.05) is 0 Å². The summed E-state index contributed by atoms with van der Waals surface area (Å²) in [4.78, 5) is 1.28. The Kier molecular flexibility index (Phi) is 19.1. The Hall–Kier alpha value is -1.72. The van der Waals surface area contributed by atoms with Gasteiger partial charge in [-0.25, -0.2) is 12.6 Å². The molecule has 3 atom stereocenters. The number of unbranched alkanes of at least 4 members (excludes halogenated alkanes) is 7. The van der Waals surface area contributed by atoms with Gasteiger partial charge in [-0.1, -0.05) is 111 Å². The molecule has 0 radical (unpaired) electrons. The van der Waals surface area contributed by atoms with E-state index in [4.69, 9.17) is 20.7 Å². The van der Waals surface area contributed by atoms with Crippen LogP contribution in [0, 0.1) is 6.92 Å². The smallest absolute Gasteiger partial charge is 0.188 e. The first kappa shape index (κ1) is 35.3. The maximum atomic E-state index is 11.2. The van der Waals surface area contributed by atoms with Gasteiger partial charge in [0.2, 0.25) is 0 Å². The summed E-state index contributed by atoms with van der Waals surface area (Å²) in [5.74, 6) is 0. The molecule has 0 aromatic heterocycles. The highest BCUT2D eigenvalue weighted by Crippen LogP contribution is 2.18. The average molecular weight is 615 g/mol. The van der Waals surface area contributed by atoms with E-state index >= 15 is 0 Å². The number of rotatable bonds is 12. The fraction of sp³-hybridized carbons (Fsp3) is 0.379. The van der Waals surface area contributed by atoms with Crippen molar-refractivity contribution >= 4 is 44.8 Å². The van der Waals surface area contributed by atoms with E-state index in [0.717, 1.165) is 24.0 Å². The van der Waals surface area contributed by atoms with Crippen molar-refractivity contribution < 1.29 is 26.3 Å². The minimum atomic E-state index is -1.97. The Labute approximate surface area is 245 Å². The summed E-state index contributed by atoms with van der Waals surface area (Å²) in [5, 5.41) is 0.323. The SMILES string of the molecule is CCCCCCCCCCc1ccccc1S(=O)O.Cc1ccc(S(=O)O)cc1.O=S(O)c1ccccc1Cl. The number of hydrogen-bond donors (Lipinski definition) is 3. The molecule has 3 aromatic rings. The quantitative estimate of drug-likeness (QED) is 0.139. The van der Waals surface area contributed by atoms with Gasteiger partial charge >= 0.3 is 0 Å². The van der Waals surface area contributed by atoms with Crippen molar-refractivity contribution in [3.8, 4) is 0 Å². The Morgan fingerprint density at radius 3 is 1.59 bits per heavy atom. The molecule has 3 N–H and O–H groups in total. The van der Waals surface area contributed by atoms with Gasteiger partial charge in [0.15, 0.2) is 33.2 Å². The summed E-state index contributed by atoms with van der Waals surface area (Å²) in [6, 6.07) is 20.8. The molecule has 0 aliphatic carbocycles. The molecule has 0 aliphatic heterocycles. The second kappa shape index (κ2) is 21.1. The third-order valence-corrected chi connectivity index (χ3v) is 8.33. The zero-order chi connectivity index (χ0) is 29.0. The molecular formula is C29H39ClO6S3. The number of halogens is 1. The Balaban J connectivity index is 0.000000320. The lowest BCUT2D eigenvalue weighted by Crippen LogP contribution is -1.96. The molecule has 3 unspecified atom stereocenters. The van der Waals surface area contributed by atoms with Crippen LogP contribution in [0.3, 0.4) is 0 Å². The van der Waals surface area contributed by atoms with Crippen LogP contribution in [-0.4, -0.2) is 26.3 Å². The molecule has 216 valence electrons. The van der Waals surface area contributed by atoms with Crippen LogP contribution in [-0.2, 0) is 39.7 Å². The van der Waals surface area contributed by atoms with Crippen molar-refractivity contribution in [3.05, 3.63) is 88.9 Å². The second-order valence-electron chi connectivity index (χ2n) is 8.82. The van der Waals surface area contributed by atoms with Gasteiger partial charge < -0.3 is 13.7 Å². The van der Waals surface area contributed by atoms with E-state index in [2.05, 4.69) is 6.92 Å². The molecule has 0 aliphatic rings. The fourth-order valence-electron chi connectivity index (χ4n) is 3.57. The van der Waals surface area contributed by atoms with Gasteiger partial charge in [-0.2, -0.15) is 0 Å². The van der Waals surface area contributed by atoms with E-state index in [9.17, 15) is 17.2 Å². The van der Waals surface area contributed by atoms with E-state index in [-0.39, 0.29) is 4.90 Å². The van der Waals surface area contributed by atoms with E-state index < -0.39 is 33.2 Å². The minimum absolute atomic E-state index is 0.254. The van der Waals surface area contributed by atoms with Crippen LogP contribution in [0.1, 0.15) is 69.4 Å². The lowest BCUT2D eigenvalue weighted by atomic mass is 10.0. The summed E-state index contributed by atoms with van der Waals surface area (Å²) in [7, 11) is 0. The largest absolute Gasteiger partial charge is 0.302 e. The van der Waals surface area contributed by atoms with Crippen LogP contribution in [0.25, 0.3) is 0 Å². The fourth-order valence-corrected chi connectivity index (χ4v) is 5.29. The Morgan fingerprint density at radius 2 is 1.10 bits per heavy atom. The molecule has 0 amide bonds. The standard InChI is InChI=1S/C16H26O2S.C7H8O2S.C6H5ClO2S/c1-2-3-4-5-6-7-8-9-12-15-13-10-11-14-16(15)19(17)18;1-6-2-4-7(5-3-6)10(8)9;7-5-3-1-2-4-6(5)10(8)9/h10-11,13-14H,2-9,12H2,1H3,(H,17,18);2-5H,1H3,(H,8,9);1-4H,(H,8,9). The topological polar surface area (TPSA) is 112 Å². The highest BCUT2D eigenvalue weighted by molar-refractivity contribution is 7.79. The summed E-state index contributed by atoms with van der Waals surface area (Å²) in [6.45, 7) is 4.17. The highest BCUT2D eigenvalue weighted by atomic mass is 35.5. The average Bonchev–Trinajstić information content (AvgIpc) is 2.91. The Bertz CT molecular complexity index is 1170. The minimum Gasteiger partial charge on any atom is -0.302 e.